The first-order valence-electron chi connectivity index (χ1n) is 7.86. The third-order valence-electron chi connectivity index (χ3n) is 4.65. The molecule has 0 aliphatic carbocycles. The zero-order valence-electron chi connectivity index (χ0n) is 13.9. The normalized spacial score (nSPS) is 23.5. The molecule has 0 saturated carbocycles. The summed E-state index contributed by atoms with van der Waals surface area (Å²) in [6.07, 6.45) is -0.115. The molecule has 0 spiro atoms. The van der Waals surface area contributed by atoms with E-state index in [2.05, 4.69) is 24.0 Å². The molecule has 1 aromatic heterocycles. The van der Waals surface area contributed by atoms with Gasteiger partial charge >= 0.3 is 0 Å². The van der Waals surface area contributed by atoms with E-state index in [1.54, 1.807) is 18.4 Å². The standard InChI is InChI=1S/C18H22N2O2S/c1-11-10-23-17(19-11)16-15(13(3)22-4)18(21)20(16)12(2)14-8-6-5-7-9-14/h5-10,12-13,15-16H,1-4H3/t12-,13?,15-,16+/m1/s1. The van der Waals surface area contributed by atoms with E-state index in [1.165, 1.54) is 0 Å². The Kier molecular flexibility index (Phi) is 4.50. The zero-order chi connectivity index (χ0) is 16.6. The van der Waals surface area contributed by atoms with Crippen LogP contribution in [0.3, 0.4) is 0 Å². The number of thiazole rings is 1. The fourth-order valence-corrected chi connectivity index (χ4v) is 4.18. The molecule has 1 aliphatic heterocycles. The first kappa shape index (κ1) is 16.1. The van der Waals surface area contributed by atoms with Crippen LogP contribution in [0.1, 0.15) is 42.2 Å². The minimum atomic E-state index is -0.156. The van der Waals surface area contributed by atoms with E-state index < -0.39 is 0 Å². The van der Waals surface area contributed by atoms with Gasteiger partial charge in [0.2, 0.25) is 5.91 Å². The molecule has 5 heteroatoms. The van der Waals surface area contributed by atoms with Gasteiger partial charge in [-0.15, -0.1) is 11.3 Å². The fraction of sp³-hybridized carbons (Fsp3) is 0.444. The topological polar surface area (TPSA) is 42.4 Å². The number of carbonyl (C=O) groups excluding carboxylic acids is 1. The van der Waals surface area contributed by atoms with Gasteiger partial charge in [-0.3, -0.25) is 4.79 Å². The number of hydrogen-bond acceptors (Lipinski definition) is 4. The largest absolute Gasteiger partial charge is 0.381 e. The van der Waals surface area contributed by atoms with Crippen LogP contribution in [-0.2, 0) is 9.53 Å². The van der Waals surface area contributed by atoms with Gasteiger partial charge in [0, 0.05) is 18.2 Å². The molecule has 1 unspecified atom stereocenters. The van der Waals surface area contributed by atoms with Gasteiger partial charge in [0.05, 0.1) is 24.1 Å². The van der Waals surface area contributed by atoms with Crippen LogP contribution in [0, 0.1) is 12.8 Å². The Hall–Kier alpha value is -1.72. The number of aryl methyl sites for hydroxylation is 1. The molecule has 23 heavy (non-hydrogen) atoms. The number of β-lactam (4-membered cyclic amide) rings is 1. The maximum absolute atomic E-state index is 12.8. The van der Waals surface area contributed by atoms with E-state index in [4.69, 9.17) is 4.74 Å². The number of rotatable bonds is 5. The summed E-state index contributed by atoms with van der Waals surface area (Å²) in [5, 5.41) is 3.04. The number of nitrogens with zero attached hydrogens (tertiary/aromatic N) is 2. The van der Waals surface area contributed by atoms with Crippen LogP contribution in [-0.4, -0.2) is 29.0 Å². The van der Waals surface area contributed by atoms with E-state index in [9.17, 15) is 4.79 Å². The highest BCUT2D eigenvalue weighted by molar-refractivity contribution is 7.09. The van der Waals surface area contributed by atoms with E-state index >= 15 is 0 Å². The number of amides is 1. The van der Waals surface area contributed by atoms with Crippen molar-refractivity contribution in [2.75, 3.05) is 7.11 Å². The van der Waals surface area contributed by atoms with Crippen molar-refractivity contribution in [2.45, 2.75) is 39.0 Å². The summed E-state index contributed by atoms with van der Waals surface area (Å²) in [5.41, 5.74) is 2.14. The van der Waals surface area contributed by atoms with Gasteiger partial charge in [-0.2, -0.15) is 0 Å². The maximum Gasteiger partial charge on any atom is 0.231 e. The van der Waals surface area contributed by atoms with Gasteiger partial charge in [-0.1, -0.05) is 30.3 Å². The van der Waals surface area contributed by atoms with Crippen molar-refractivity contribution in [3.8, 4) is 0 Å². The molecule has 0 N–H and O–H groups in total. The van der Waals surface area contributed by atoms with Gasteiger partial charge < -0.3 is 9.64 Å². The van der Waals surface area contributed by atoms with Gasteiger partial charge in [-0.05, 0) is 26.3 Å². The molecule has 1 amide bonds. The summed E-state index contributed by atoms with van der Waals surface area (Å²) in [4.78, 5) is 19.4. The molecule has 1 aromatic carbocycles. The summed E-state index contributed by atoms with van der Waals surface area (Å²) in [5.74, 6) is -0.00901. The Morgan fingerprint density at radius 2 is 1.96 bits per heavy atom. The SMILES string of the molecule is COC(C)[C@H]1C(=O)N([C@H](C)c2ccccc2)[C@@H]1c1nc(C)cs1. The number of benzene rings is 1. The monoisotopic (exact) mass is 330 g/mol. The lowest BCUT2D eigenvalue weighted by atomic mass is 9.81. The predicted octanol–water partition coefficient (Wildman–Crippen LogP) is 3.75. The summed E-state index contributed by atoms with van der Waals surface area (Å²) >= 11 is 1.62. The molecular formula is C18H22N2O2S. The first-order valence-corrected chi connectivity index (χ1v) is 8.74. The molecule has 2 heterocycles. The number of methoxy groups -OCH3 is 1. The maximum atomic E-state index is 12.8. The summed E-state index contributed by atoms with van der Waals surface area (Å²) in [6.45, 7) is 6.02. The van der Waals surface area contributed by atoms with Crippen molar-refractivity contribution < 1.29 is 9.53 Å². The molecule has 0 bridgehead atoms. The van der Waals surface area contributed by atoms with Crippen molar-refractivity contribution >= 4 is 17.2 Å². The lowest BCUT2D eigenvalue weighted by Gasteiger charge is -2.51. The zero-order valence-corrected chi connectivity index (χ0v) is 14.7. The summed E-state index contributed by atoms with van der Waals surface area (Å²) in [7, 11) is 1.66. The van der Waals surface area contributed by atoms with Crippen LogP contribution in [0.5, 0.6) is 0 Å². The highest BCUT2D eigenvalue weighted by Crippen LogP contribution is 2.48. The van der Waals surface area contributed by atoms with E-state index in [1.807, 2.05) is 42.3 Å². The Balaban J connectivity index is 1.93. The molecule has 2 aromatic rings. The average molecular weight is 330 g/mol. The lowest BCUT2D eigenvalue weighted by molar-refractivity contribution is -0.171. The molecule has 1 saturated heterocycles. The van der Waals surface area contributed by atoms with Crippen LogP contribution in [0.25, 0.3) is 0 Å². The van der Waals surface area contributed by atoms with Crippen LogP contribution >= 0.6 is 11.3 Å². The van der Waals surface area contributed by atoms with Crippen molar-refractivity contribution in [1.29, 1.82) is 0 Å². The minimum absolute atomic E-state index is 0.00800. The number of aromatic nitrogens is 1. The molecule has 4 nitrogen and oxygen atoms in total. The minimum Gasteiger partial charge on any atom is -0.381 e. The smallest absolute Gasteiger partial charge is 0.231 e. The highest BCUT2D eigenvalue weighted by Gasteiger charge is 2.54. The molecular weight excluding hydrogens is 308 g/mol. The molecule has 1 fully saturated rings. The Morgan fingerprint density at radius 1 is 1.26 bits per heavy atom. The van der Waals surface area contributed by atoms with Gasteiger partial charge in [0.1, 0.15) is 5.01 Å². The van der Waals surface area contributed by atoms with Crippen molar-refractivity contribution in [3.63, 3.8) is 0 Å². The van der Waals surface area contributed by atoms with Crippen LogP contribution in [0.15, 0.2) is 35.7 Å². The van der Waals surface area contributed by atoms with Crippen molar-refractivity contribution in [1.82, 2.24) is 9.88 Å². The fourth-order valence-electron chi connectivity index (χ4n) is 3.24. The van der Waals surface area contributed by atoms with Crippen LogP contribution < -0.4 is 0 Å². The van der Waals surface area contributed by atoms with E-state index in [0.717, 1.165) is 16.3 Å². The van der Waals surface area contributed by atoms with Crippen LogP contribution in [0.2, 0.25) is 0 Å². The predicted molar refractivity (Wildman–Crippen MR) is 91.3 cm³/mol. The molecule has 4 atom stereocenters. The Bertz CT molecular complexity index is 685. The number of ether oxygens (including phenoxy) is 1. The van der Waals surface area contributed by atoms with Gasteiger partial charge in [-0.25, -0.2) is 4.98 Å². The first-order chi connectivity index (χ1) is 11.0. The Labute approximate surface area is 141 Å². The molecule has 1 aliphatic rings. The highest BCUT2D eigenvalue weighted by atomic mass is 32.1. The second-order valence-corrected chi connectivity index (χ2v) is 6.96. The van der Waals surface area contributed by atoms with Gasteiger partial charge in [0.15, 0.2) is 0 Å². The molecule has 0 radical (unpaired) electrons. The van der Waals surface area contributed by atoms with Crippen LogP contribution in [0.4, 0.5) is 0 Å². The summed E-state index contributed by atoms with van der Waals surface area (Å²) in [6, 6.07) is 10.2. The van der Waals surface area contributed by atoms with Gasteiger partial charge in [0.25, 0.3) is 0 Å². The number of likely N-dealkylation sites (tertiary alicyclic amines) is 1. The number of carbonyl (C=O) groups is 1. The Morgan fingerprint density at radius 3 is 2.52 bits per heavy atom. The van der Waals surface area contributed by atoms with Crippen molar-refractivity contribution in [3.05, 3.63) is 52.0 Å². The number of hydrogen-bond donors (Lipinski definition) is 0. The second kappa shape index (κ2) is 6.42. The third kappa shape index (κ3) is 2.79. The third-order valence-corrected chi connectivity index (χ3v) is 5.68. The second-order valence-electron chi connectivity index (χ2n) is 6.07. The quantitative estimate of drug-likeness (QED) is 0.784. The van der Waals surface area contributed by atoms with E-state index in [-0.39, 0.29) is 30.0 Å². The molecule has 122 valence electrons. The molecule has 3 rings (SSSR count). The van der Waals surface area contributed by atoms with E-state index in [0.29, 0.717) is 0 Å². The lowest BCUT2D eigenvalue weighted by Crippen LogP contribution is -2.59. The average Bonchev–Trinajstić information content (AvgIpc) is 2.98. The van der Waals surface area contributed by atoms with Crippen molar-refractivity contribution in [2.24, 2.45) is 5.92 Å². The summed E-state index contributed by atoms with van der Waals surface area (Å²) < 4.78 is 5.45.